The van der Waals surface area contributed by atoms with Crippen LogP contribution in [0.1, 0.15) is 34.1 Å². The van der Waals surface area contributed by atoms with Crippen molar-refractivity contribution in [3.8, 4) is 0 Å². The summed E-state index contributed by atoms with van der Waals surface area (Å²) in [5.74, 6) is 1.19. The molecule has 3 heteroatoms. The van der Waals surface area contributed by atoms with Crippen molar-refractivity contribution in [2.75, 3.05) is 5.88 Å². The zero-order chi connectivity index (χ0) is 10.4. The molecule has 0 aromatic rings. The van der Waals surface area contributed by atoms with Gasteiger partial charge in [0.15, 0.2) is 0 Å². The van der Waals surface area contributed by atoms with E-state index in [0.717, 1.165) is 6.42 Å². The van der Waals surface area contributed by atoms with Crippen LogP contribution in [0.3, 0.4) is 0 Å². The number of alkyl halides is 1. The molecule has 1 unspecified atom stereocenters. The first-order valence-electron chi connectivity index (χ1n) is 4.83. The van der Waals surface area contributed by atoms with E-state index in [1.165, 1.54) is 0 Å². The number of rotatable bonds is 5. The van der Waals surface area contributed by atoms with Crippen molar-refractivity contribution in [1.82, 2.24) is 5.32 Å². The molecule has 0 radical (unpaired) electrons. The van der Waals surface area contributed by atoms with Gasteiger partial charge in [0.1, 0.15) is 0 Å². The Labute approximate surface area is 86.0 Å². The van der Waals surface area contributed by atoms with E-state index in [1.54, 1.807) is 0 Å². The first kappa shape index (κ1) is 12.8. The first-order valence-corrected chi connectivity index (χ1v) is 5.37. The highest BCUT2D eigenvalue weighted by Crippen LogP contribution is 2.07. The molecule has 2 nitrogen and oxygen atoms in total. The highest BCUT2D eigenvalue weighted by Gasteiger charge is 2.14. The van der Waals surface area contributed by atoms with Crippen LogP contribution in [-0.2, 0) is 4.79 Å². The first-order chi connectivity index (χ1) is 5.97. The van der Waals surface area contributed by atoms with Crippen molar-refractivity contribution < 1.29 is 4.79 Å². The van der Waals surface area contributed by atoms with E-state index in [0.29, 0.717) is 11.8 Å². The molecule has 1 atom stereocenters. The van der Waals surface area contributed by atoms with Gasteiger partial charge in [0, 0.05) is 17.8 Å². The summed E-state index contributed by atoms with van der Waals surface area (Å²) in [4.78, 5) is 11.3. The van der Waals surface area contributed by atoms with Gasteiger partial charge in [-0.15, -0.1) is 11.6 Å². The zero-order valence-electron chi connectivity index (χ0n) is 8.93. The van der Waals surface area contributed by atoms with Crippen LogP contribution in [0.5, 0.6) is 0 Å². The summed E-state index contributed by atoms with van der Waals surface area (Å²) < 4.78 is 0. The fraction of sp³-hybridized carbons (Fsp3) is 0.900. The molecule has 0 aromatic carbocycles. The lowest BCUT2D eigenvalue weighted by atomic mass is 10.0. The molecule has 0 aromatic heterocycles. The molecule has 0 spiro atoms. The Morgan fingerprint density at radius 3 is 2.15 bits per heavy atom. The van der Waals surface area contributed by atoms with E-state index in [2.05, 4.69) is 19.2 Å². The van der Waals surface area contributed by atoms with E-state index < -0.39 is 0 Å². The van der Waals surface area contributed by atoms with Crippen molar-refractivity contribution in [2.45, 2.75) is 40.2 Å². The Kier molecular flexibility index (Phi) is 6.13. The normalized spacial score (nSPS) is 13.5. The van der Waals surface area contributed by atoms with Crippen LogP contribution in [0, 0.1) is 11.8 Å². The van der Waals surface area contributed by atoms with Crippen molar-refractivity contribution in [3.05, 3.63) is 0 Å². The third kappa shape index (κ3) is 5.92. The van der Waals surface area contributed by atoms with E-state index >= 15 is 0 Å². The van der Waals surface area contributed by atoms with Crippen molar-refractivity contribution in [2.24, 2.45) is 11.8 Å². The second-order valence-electron chi connectivity index (χ2n) is 4.14. The van der Waals surface area contributed by atoms with Crippen LogP contribution in [-0.4, -0.2) is 17.8 Å². The molecule has 1 amide bonds. The molecule has 0 aliphatic carbocycles. The fourth-order valence-electron chi connectivity index (χ4n) is 1.10. The van der Waals surface area contributed by atoms with E-state index in [9.17, 15) is 4.79 Å². The highest BCUT2D eigenvalue weighted by atomic mass is 35.5. The number of carbonyl (C=O) groups excluding carboxylic acids is 1. The molecule has 0 aliphatic rings. The lowest BCUT2D eigenvalue weighted by Crippen LogP contribution is -2.39. The minimum atomic E-state index is 0.0397. The third-order valence-corrected chi connectivity index (χ3v) is 2.19. The van der Waals surface area contributed by atoms with Gasteiger partial charge in [0.25, 0.3) is 0 Å². The Hall–Kier alpha value is -0.240. The van der Waals surface area contributed by atoms with Crippen LogP contribution in [0.25, 0.3) is 0 Å². The van der Waals surface area contributed by atoms with Crippen molar-refractivity contribution >= 4 is 17.5 Å². The average Bonchev–Trinajstić information content (AvgIpc) is 2.02. The largest absolute Gasteiger partial charge is 0.352 e. The molecule has 0 fully saturated rings. The average molecular weight is 206 g/mol. The van der Waals surface area contributed by atoms with Crippen LogP contribution in [0.2, 0.25) is 0 Å². The summed E-state index contributed by atoms with van der Waals surface area (Å²) in [5, 5.41) is 2.93. The quantitative estimate of drug-likeness (QED) is 0.687. The lowest BCUT2D eigenvalue weighted by Gasteiger charge is -2.19. The molecule has 78 valence electrons. The van der Waals surface area contributed by atoms with Gasteiger partial charge in [-0.05, 0) is 12.3 Å². The van der Waals surface area contributed by atoms with Gasteiger partial charge in [0.05, 0.1) is 0 Å². The second-order valence-corrected chi connectivity index (χ2v) is 4.45. The summed E-state index contributed by atoms with van der Waals surface area (Å²) >= 11 is 5.75. The number of halogens is 1. The summed E-state index contributed by atoms with van der Waals surface area (Å²) in [6.45, 7) is 8.02. The standard InChI is InChI=1S/C10H20ClNO/c1-7(2)5-9(6-11)12-10(13)8(3)4/h7-9H,5-6H2,1-4H3,(H,12,13). The van der Waals surface area contributed by atoms with Crippen LogP contribution in [0.4, 0.5) is 0 Å². The van der Waals surface area contributed by atoms with Gasteiger partial charge in [-0.2, -0.15) is 0 Å². The van der Waals surface area contributed by atoms with E-state index in [4.69, 9.17) is 11.6 Å². The van der Waals surface area contributed by atoms with Gasteiger partial charge >= 0.3 is 0 Å². The van der Waals surface area contributed by atoms with Gasteiger partial charge in [0.2, 0.25) is 5.91 Å². The second kappa shape index (κ2) is 6.25. The number of carbonyl (C=O) groups is 1. The molecule has 0 bridgehead atoms. The Morgan fingerprint density at radius 2 is 1.85 bits per heavy atom. The number of hydrogen-bond acceptors (Lipinski definition) is 1. The maximum Gasteiger partial charge on any atom is 0.222 e. The predicted molar refractivity (Wildman–Crippen MR) is 56.9 cm³/mol. The Morgan fingerprint density at radius 1 is 1.31 bits per heavy atom. The van der Waals surface area contributed by atoms with Crippen LogP contribution in [0.15, 0.2) is 0 Å². The molecule has 0 aliphatic heterocycles. The predicted octanol–water partition coefficient (Wildman–Crippen LogP) is 2.41. The van der Waals surface area contributed by atoms with Crippen LogP contribution >= 0.6 is 11.6 Å². The van der Waals surface area contributed by atoms with Gasteiger partial charge in [-0.3, -0.25) is 4.79 Å². The monoisotopic (exact) mass is 205 g/mol. The number of amides is 1. The molecule has 1 N–H and O–H groups in total. The minimum Gasteiger partial charge on any atom is -0.352 e. The lowest BCUT2D eigenvalue weighted by molar-refractivity contribution is -0.124. The SMILES string of the molecule is CC(C)CC(CCl)NC(=O)C(C)C. The van der Waals surface area contributed by atoms with Crippen LogP contribution < -0.4 is 5.32 Å². The molecule has 0 heterocycles. The van der Waals surface area contributed by atoms with Gasteiger partial charge < -0.3 is 5.32 Å². The smallest absolute Gasteiger partial charge is 0.222 e. The zero-order valence-corrected chi connectivity index (χ0v) is 9.69. The molecule has 0 saturated carbocycles. The minimum absolute atomic E-state index is 0.0397. The Balaban J connectivity index is 3.90. The van der Waals surface area contributed by atoms with E-state index in [-0.39, 0.29) is 17.9 Å². The molecule has 0 saturated heterocycles. The summed E-state index contributed by atoms with van der Waals surface area (Å²) in [6, 6.07) is 0.122. The number of hydrogen-bond donors (Lipinski definition) is 1. The highest BCUT2D eigenvalue weighted by molar-refractivity contribution is 6.18. The third-order valence-electron chi connectivity index (χ3n) is 1.81. The van der Waals surface area contributed by atoms with E-state index in [1.807, 2.05) is 13.8 Å². The number of nitrogens with one attached hydrogen (secondary N) is 1. The van der Waals surface area contributed by atoms with Gasteiger partial charge in [-0.25, -0.2) is 0 Å². The topological polar surface area (TPSA) is 29.1 Å². The molecule has 0 rings (SSSR count). The molecular formula is C10H20ClNO. The maximum absolute atomic E-state index is 11.3. The van der Waals surface area contributed by atoms with Crippen molar-refractivity contribution in [1.29, 1.82) is 0 Å². The van der Waals surface area contributed by atoms with Crippen molar-refractivity contribution in [3.63, 3.8) is 0 Å². The fourth-order valence-corrected chi connectivity index (χ4v) is 1.30. The Bertz CT molecular complexity index is 157. The maximum atomic E-state index is 11.3. The molecule has 13 heavy (non-hydrogen) atoms. The van der Waals surface area contributed by atoms with Gasteiger partial charge in [-0.1, -0.05) is 27.7 Å². The summed E-state index contributed by atoms with van der Waals surface area (Å²) in [7, 11) is 0. The summed E-state index contributed by atoms with van der Waals surface area (Å²) in [5.41, 5.74) is 0. The summed E-state index contributed by atoms with van der Waals surface area (Å²) in [6.07, 6.45) is 0.946. The molecular weight excluding hydrogens is 186 g/mol.